The molecule has 3 heterocycles. The van der Waals surface area contributed by atoms with Gasteiger partial charge in [0.25, 0.3) is 11.8 Å². The van der Waals surface area contributed by atoms with Crippen molar-refractivity contribution in [3.05, 3.63) is 30.1 Å². The third-order valence-electron chi connectivity index (χ3n) is 3.24. The first kappa shape index (κ1) is 22.5. The van der Waals surface area contributed by atoms with E-state index in [2.05, 4.69) is 29.6 Å². The van der Waals surface area contributed by atoms with Crippen molar-refractivity contribution in [2.75, 3.05) is 12.5 Å². The zero-order valence-corrected chi connectivity index (χ0v) is 19.6. The van der Waals surface area contributed by atoms with Crippen molar-refractivity contribution in [3.8, 4) is 0 Å². The Kier molecular flexibility index (Phi) is 7.53. The Morgan fingerprint density at radius 1 is 1.10 bits per heavy atom. The molecule has 0 unspecified atom stereocenters. The standard InChI is InChI=1S/C12H8Cl4N8O2S3/c1-23-12(18-21-22-23)27-3-24(11(26)7-5(14)9(16)20-29-7)2-17-10(25)6-4(13)8(15)19-28-6/h2-3H2,1H3,(H,17,25). The van der Waals surface area contributed by atoms with Gasteiger partial charge in [-0.3, -0.25) is 9.59 Å². The van der Waals surface area contributed by atoms with Gasteiger partial charge in [0.15, 0.2) is 10.3 Å². The number of nitrogens with zero attached hydrogens (tertiary/aromatic N) is 7. The molecule has 3 aromatic heterocycles. The van der Waals surface area contributed by atoms with Crippen LogP contribution >= 0.6 is 81.2 Å². The zero-order chi connectivity index (χ0) is 21.1. The Balaban J connectivity index is 1.75. The van der Waals surface area contributed by atoms with Crippen LogP contribution in [0.5, 0.6) is 0 Å². The van der Waals surface area contributed by atoms with Gasteiger partial charge >= 0.3 is 0 Å². The highest BCUT2D eigenvalue weighted by atomic mass is 35.5. The number of halogens is 4. The third kappa shape index (κ3) is 5.10. The van der Waals surface area contributed by atoms with Gasteiger partial charge in [-0.15, -0.1) is 5.10 Å². The van der Waals surface area contributed by atoms with Crippen molar-refractivity contribution >= 4 is 93.0 Å². The van der Waals surface area contributed by atoms with Crippen LogP contribution in [0, 0.1) is 0 Å². The topological polar surface area (TPSA) is 119 Å². The lowest BCUT2D eigenvalue weighted by molar-refractivity contribution is 0.0761. The predicted octanol–water partition coefficient (Wildman–Crippen LogP) is 3.32. The largest absolute Gasteiger partial charge is 0.334 e. The van der Waals surface area contributed by atoms with Crippen LogP contribution in [0.4, 0.5) is 0 Å². The van der Waals surface area contributed by atoms with Crippen LogP contribution in [-0.2, 0) is 7.05 Å². The number of hydrogen-bond acceptors (Lipinski definition) is 10. The highest BCUT2D eigenvalue weighted by Crippen LogP contribution is 2.31. The second-order valence-electron chi connectivity index (χ2n) is 5.10. The molecule has 17 heteroatoms. The Morgan fingerprint density at radius 3 is 2.24 bits per heavy atom. The van der Waals surface area contributed by atoms with E-state index in [1.54, 1.807) is 7.05 Å². The molecule has 0 radical (unpaired) electrons. The van der Waals surface area contributed by atoms with E-state index in [0.29, 0.717) is 5.16 Å². The second kappa shape index (κ2) is 9.73. The Bertz CT molecular complexity index is 1050. The van der Waals surface area contributed by atoms with E-state index in [4.69, 9.17) is 46.4 Å². The van der Waals surface area contributed by atoms with Crippen molar-refractivity contribution in [3.63, 3.8) is 0 Å². The molecule has 0 fully saturated rings. The first-order chi connectivity index (χ1) is 13.8. The summed E-state index contributed by atoms with van der Waals surface area (Å²) >= 11 is 26.5. The molecule has 29 heavy (non-hydrogen) atoms. The second-order valence-corrected chi connectivity index (χ2v) is 9.03. The van der Waals surface area contributed by atoms with Crippen LogP contribution in [0.3, 0.4) is 0 Å². The van der Waals surface area contributed by atoms with Crippen molar-refractivity contribution in [1.82, 2.24) is 39.2 Å². The average molecular weight is 534 g/mol. The molecule has 0 saturated carbocycles. The van der Waals surface area contributed by atoms with Crippen molar-refractivity contribution < 1.29 is 9.59 Å². The Hall–Kier alpha value is -1.22. The van der Waals surface area contributed by atoms with Crippen molar-refractivity contribution in [2.45, 2.75) is 5.16 Å². The van der Waals surface area contributed by atoms with Crippen LogP contribution in [0.15, 0.2) is 5.16 Å². The lowest BCUT2D eigenvalue weighted by atomic mass is 10.4. The number of tetrazole rings is 1. The molecule has 0 atom stereocenters. The minimum atomic E-state index is -0.532. The Morgan fingerprint density at radius 2 is 1.72 bits per heavy atom. The molecule has 0 spiro atoms. The molecule has 0 aliphatic heterocycles. The summed E-state index contributed by atoms with van der Waals surface area (Å²) in [6.45, 7) is -0.159. The van der Waals surface area contributed by atoms with Gasteiger partial charge in [-0.1, -0.05) is 58.2 Å². The van der Waals surface area contributed by atoms with Gasteiger partial charge in [-0.25, -0.2) is 4.68 Å². The summed E-state index contributed by atoms with van der Waals surface area (Å²) in [4.78, 5) is 26.9. The van der Waals surface area contributed by atoms with Crippen molar-refractivity contribution in [2.24, 2.45) is 7.05 Å². The SMILES string of the molecule is Cn1nnnc1SCN(CNC(=O)c1snc(Cl)c1Cl)C(=O)c1snc(Cl)c1Cl. The van der Waals surface area contributed by atoms with Gasteiger partial charge in [0.05, 0.1) is 12.5 Å². The van der Waals surface area contributed by atoms with Gasteiger partial charge in [0.2, 0.25) is 5.16 Å². The highest BCUT2D eigenvalue weighted by Gasteiger charge is 2.25. The maximum atomic E-state index is 12.9. The van der Waals surface area contributed by atoms with Crippen LogP contribution < -0.4 is 5.32 Å². The molecular weight excluding hydrogens is 526 g/mol. The van der Waals surface area contributed by atoms with E-state index >= 15 is 0 Å². The van der Waals surface area contributed by atoms with Crippen LogP contribution in [0.2, 0.25) is 20.4 Å². The molecule has 2 amide bonds. The smallest absolute Gasteiger partial charge is 0.269 e. The normalized spacial score (nSPS) is 10.9. The fourth-order valence-corrected chi connectivity index (χ4v) is 4.94. The molecular formula is C12H8Cl4N8O2S3. The summed E-state index contributed by atoms with van der Waals surface area (Å²) in [5.74, 6) is -0.900. The van der Waals surface area contributed by atoms with Gasteiger partial charge in [0.1, 0.15) is 19.8 Å². The molecule has 3 aromatic rings. The van der Waals surface area contributed by atoms with Gasteiger partial charge in [-0.05, 0) is 33.5 Å². The predicted molar refractivity (Wildman–Crippen MR) is 112 cm³/mol. The molecule has 3 rings (SSSR count). The summed E-state index contributed by atoms with van der Waals surface area (Å²) in [5, 5.41) is 14.3. The van der Waals surface area contributed by atoms with Gasteiger partial charge < -0.3 is 10.2 Å². The minimum absolute atomic E-state index is 0.0280. The maximum Gasteiger partial charge on any atom is 0.269 e. The van der Waals surface area contributed by atoms with E-state index in [0.717, 1.165) is 23.1 Å². The fraction of sp³-hybridized carbons (Fsp3) is 0.250. The van der Waals surface area contributed by atoms with Gasteiger partial charge in [-0.2, -0.15) is 8.75 Å². The number of thioether (sulfide) groups is 1. The van der Waals surface area contributed by atoms with E-state index in [9.17, 15) is 9.59 Å². The summed E-state index contributed by atoms with van der Waals surface area (Å²) in [6, 6.07) is 0. The molecule has 1 N–H and O–H groups in total. The molecule has 154 valence electrons. The minimum Gasteiger partial charge on any atom is -0.334 e. The number of nitrogens with one attached hydrogen (secondary N) is 1. The fourth-order valence-electron chi connectivity index (χ4n) is 1.84. The third-order valence-corrected chi connectivity index (χ3v) is 7.87. The summed E-state index contributed by atoms with van der Waals surface area (Å²) < 4.78 is 9.11. The summed E-state index contributed by atoms with van der Waals surface area (Å²) in [7, 11) is 1.66. The highest BCUT2D eigenvalue weighted by molar-refractivity contribution is 7.99. The molecule has 0 aromatic carbocycles. The Labute approximate surface area is 195 Å². The van der Waals surface area contributed by atoms with Crippen molar-refractivity contribution in [1.29, 1.82) is 0 Å². The number of aryl methyl sites for hydroxylation is 1. The van der Waals surface area contributed by atoms with Crippen LogP contribution in [0.1, 0.15) is 19.3 Å². The molecule has 0 aliphatic carbocycles. The first-order valence-electron chi connectivity index (χ1n) is 7.33. The number of carbonyl (C=O) groups is 2. The molecule has 0 bridgehead atoms. The van der Waals surface area contributed by atoms with E-state index in [1.807, 2.05) is 0 Å². The van der Waals surface area contributed by atoms with E-state index in [-0.39, 0.29) is 42.7 Å². The zero-order valence-electron chi connectivity index (χ0n) is 14.1. The number of rotatable bonds is 7. The molecule has 0 aliphatic rings. The quantitative estimate of drug-likeness (QED) is 0.363. The molecule has 0 saturated heterocycles. The number of amides is 2. The van der Waals surface area contributed by atoms with Gasteiger partial charge in [0, 0.05) is 7.05 Å². The summed E-state index contributed by atoms with van der Waals surface area (Å²) in [6.07, 6.45) is 0. The lowest BCUT2D eigenvalue weighted by Crippen LogP contribution is -2.41. The lowest BCUT2D eigenvalue weighted by Gasteiger charge is -2.21. The monoisotopic (exact) mass is 532 g/mol. The maximum absolute atomic E-state index is 12.9. The average Bonchev–Trinajstić information content (AvgIpc) is 3.36. The van der Waals surface area contributed by atoms with Crippen LogP contribution in [-0.4, -0.2) is 58.2 Å². The summed E-state index contributed by atoms with van der Waals surface area (Å²) in [5.41, 5.74) is 0. The number of carbonyl (C=O) groups excluding carboxylic acids is 2. The van der Waals surface area contributed by atoms with Crippen LogP contribution in [0.25, 0.3) is 0 Å². The van der Waals surface area contributed by atoms with E-state index in [1.165, 1.54) is 21.3 Å². The first-order valence-corrected chi connectivity index (χ1v) is 11.4. The molecule has 10 nitrogen and oxygen atoms in total. The number of hydrogen-bond donors (Lipinski definition) is 1. The van der Waals surface area contributed by atoms with E-state index < -0.39 is 11.8 Å². The number of aromatic nitrogens is 6.